The van der Waals surface area contributed by atoms with Gasteiger partial charge in [-0.15, -0.1) is 0 Å². The summed E-state index contributed by atoms with van der Waals surface area (Å²) in [5, 5.41) is 1.16. The van der Waals surface area contributed by atoms with Gasteiger partial charge in [-0.05, 0) is 6.07 Å². The van der Waals surface area contributed by atoms with Crippen molar-refractivity contribution in [2.24, 2.45) is 0 Å². The van der Waals surface area contributed by atoms with Gasteiger partial charge >= 0.3 is 0 Å². The lowest BCUT2D eigenvalue weighted by Gasteiger charge is -1.86. The van der Waals surface area contributed by atoms with Crippen molar-refractivity contribution in [3.8, 4) is 0 Å². The highest BCUT2D eigenvalue weighted by Gasteiger charge is 2.12. The second kappa shape index (κ2) is 2.78. The van der Waals surface area contributed by atoms with Crippen molar-refractivity contribution in [2.75, 3.05) is 0 Å². The SMILES string of the molecule is Clc1cn2c(nc3c4ccccc4[nH]c32)s1. The normalized spacial score (nSPS) is 12.1. The van der Waals surface area contributed by atoms with Gasteiger partial charge in [0.2, 0.25) is 0 Å². The van der Waals surface area contributed by atoms with E-state index in [1.807, 2.05) is 22.7 Å². The van der Waals surface area contributed by atoms with Gasteiger partial charge in [-0.1, -0.05) is 41.1 Å². The van der Waals surface area contributed by atoms with E-state index in [-0.39, 0.29) is 0 Å². The van der Waals surface area contributed by atoms with Crippen molar-refractivity contribution in [2.45, 2.75) is 0 Å². The molecule has 3 heterocycles. The van der Waals surface area contributed by atoms with Crippen LogP contribution in [-0.4, -0.2) is 14.4 Å². The number of aromatic amines is 1. The summed E-state index contributed by atoms with van der Waals surface area (Å²) >= 11 is 7.46. The molecule has 0 aliphatic carbocycles. The average molecular weight is 248 g/mol. The number of aromatic nitrogens is 3. The first-order chi connectivity index (χ1) is 7.83. The van der Waals surface area contributed by atoms with E-state index in [0.717, 1.165) is 31.4 Å². The Labute approximate surface area is 99.3 Å². The second-order valence-corrected chi connectivity index (χ2v) is 5.31. The highest BCUT2D eigenvalue weighted by Crippen LogP contribution is 2.30. The highest BCUT2D eigenvalue weighted by atomic mass is 35.5. The monoisotopic (exact) mass is 247 g/mol. The molecule has 3 aromatic heterocycles. The molecule has 0 fully saturated rings. The number of thiazole rings is 1. The zero-order valence-electron chi connectivity index (χ0n) is 8.07. The third-order valence-corrected chi connectivity index (χ3v) is 3.83. The largest absolute Gasteiger partial charge is 0.339 e. The van der Waals surface area contributed by atoms with E-state index in [9.17, 15) is 0 Å². The summed E-state index contributed by atoms with van der Waals surface area (Å²) in [5.74, 6) is 0. The summed E-state index contributed by atoms with van der Waals surface area (Å²) in [6.07, 6.45) is 1.90. The number of benzene rings is 1. The van der Waals surface area contributed by atoms with Gasteiger partial charge in [0.05, 0.1) is 0 Å². The lowest BCUT2D eigenvalue weighted by Crippen LogP contribution is -1.75. The molecule has 0 atom stereocenters. The van der Waals surface area contributed by atoms with Gasteiger partial charge < -0.3 is 4.98 Å². The predicted molar refractivity (Wildman–Crippen MR) is 67.4 cm³/mol. The minimum absolute atomic E-state index is 0.753. The minimum atomic E-state index is 0.753. The Balaban J connectivity index is 2.32. The van der Waals surface area contributed by atoms with E-state index >= 15 is 0 Å². The topological polar surface area (TPSA) is 33.1 Å². The van der Waals surface area contributed by atoms with E-state index in [0.29, 0.717) is 0 Å². The summed E-state index contributed by atoms with van der Waals surface area (Å²) in [6, 6.07) is 8.17. The van der Waals surface area contributed by atoms with Gasteiger partial charge in [0, 0.05) is 17.1 Å². The third kappa shape index (κ3) is 0.956. The van der Waals surface area contributed by atoms with Crippen molar-refractivity contribution >= 4 is 50.0 Å². The second-order valence-electron chi connectivity index (χ2n) is 3.67. The number of halogens is 1. The number of imidazole rings is 1. The van der Waals surface area contributed by atoms with Crippen molar-refractivity contribution < 1.29 is 0 Å². The Hall–Kier alpha value is -1.52. The van der Waals surface area contributed by atoms with Gasteiger partial charge in [-0.3, -0.25) is 4.40 Å². The van der Waals surface area contributed by atoms with Crippen LogP contribution in [0.2, 0.25) is 4.34 Å². The maximum Gasteiger partial charge on any atom is 0.197 e. The number of hydrogen-bond donors (Lipinski definition) is 1. The number of nitrogens with one attached hydrogen (secondary N) is 1. The van der Waals surface area contributed by atoms with Crippen LogP contribution in [0.5, 0.6) is 0 Å². The molecule has 0 saturated carbocycles. The molecule has 16 heavy (non-hydrogen) atoms. The molecule has 0 saturated heterocycles. The fraction of sp³-hybridized carbons (Fsp3) is 0. The lowest BCUT2D eigenvalue weighted by molar-refractivity contribution is 1.24. The smallest absolute Gasteiger partial charge is 0.197 e. The molecule has 0 aliphatic heterocycles. The van der Waals surface area contributed by atoms with Crippen LogP contribution >= 0.6 is 22.9 Å². The fourth-order valence-electron chi connectivity index (χ4n) is 2.05. The summed E-state index contributed by atoms with van der Waals surface area (Å²) in [6.45, 7) is 0. The van der Waals surface area contributed by atoms with E-state index in [1.54, 1.807) is 0 Å². The molecule has 0 aliphatic rings. The van der Waals surface area contributed by atoms with Gasteiger partial charge in [0.25, 0.3) is 0 Å². The maximum atomic E-state index is 5.97. The number of para-hydroxylation sites is 1. The Kier molecular flexibility index (Phi) is 1.50. The average Bonchev–Trinajstić information content (AvgIpc) is 2.87. The molecular weight excluding hydrogens is 242 g/mol. The van der Waals surface area contributed by atoms with Crippen LogP contribution in [0.4, 0.5) is 0 Å². The predicted octanol–water partition coefficient (Wildman–Crippen LogP) is 3.68. The summed E-state index contributed by atoms with van der Waals surface area (Å²) in [7, 11) is 0. The van der Waals surface area contributed by atoms with E-state index in [2.05, 4.69) is 22.1 Å². The molecule has 1 N–H and O–H groups in total. The number of hydrogen-bond acceptors (Lipinski definition) is 2. The molecular formula is C11H6ClN3S. The van der Waals surface area contributed by atoms with Gasteiger partial charge in [-0.25, -0.2) is 4.98 Å². The zero-order valence-corrected chi connectivity index (χ0v) is 9.64. The summed E-state index contributed by atoms with van der Waals surface area (Å²) in [4.78, 5) is 8.88. The van der Waals surface area contributed by atoms with Crippen LogP contribution in [-0.2, 0) is 0 Å². The van der Waals surface area contributed by atoms with Crippen LogP contribution in [0.25, 0.3) is 27.0 Å². The van der Waals surface area contributed by atoms with E-state index < -0.39 is 0 Å². The number of H-pyrrole nitrogens is 1. The van der Waals surface area contributed by atoms with Crippen LogP contribution in [0.1, 0.15) is 0 Å². The molecule has 3 nitrogen and oxygen atoms in total. The fourth-order valence-corrected chi connectivity index (χ4v) is 3.07. The van der Waals surface area contributed by atoms with Crippen molar-refractivity contribution in [1.82, 2.24) is 14.4 Å². The van der Waals surface area contributed by atoms with Gasteiger partial charge in [-0.2, -0.15) is 0 Å². The number of fused-ring (bicyclic) bond motifs is 5. The zero-order chi connectivity index (χ0) is 10.7. The Morgan fingerprint density at radius 3 is 3.12 bits per heavy atom. The first kappa shape index (κ1) is 8.61. The van der Waals surface area contributed by atoms with Gasteiger partial charge in [0.15, 0.2) is 4.96 Å². The number of rotatable bonds is 0. The van der Waals surface area contributed by atoms with Crippen LogP contribution < -0.4 is 0 Å². The molecule has 4 rings (SSSR count). The van der Waals surface area contributed by atoms with Crippen LogP contribution in [0.3, 0.4) is 0 Å². The maximum absolute atomic E-state index is 5.97. The molecule has 0 amide bonds. The van der Waals surface area contributed by atoms with Crippen LogP contribution in [0.15, 0.2) is 30.5 Å². The Morgan fingerprint density at radius 1 is 1.31 bits per heavy atom. The van der Waals surface area contributed by atoms with Crippen molar-refractivity contribution in [3.05, 3.63) is 34.8 Å². The molecule has 0 unspecified atom stereocenters. The minimum Gasteiger partial charge on any atom is -0.339 e. The highest BCUT2D eigenvalue weighted by molar-refractivity contribution is 7.20. The molecule has 0 spiro atoms. The van der Waals surface area contributed by atoms with Crippen molar-refractivity contribution in [3.63, 3.8) is 0 Å². The number of nitrogens with zero attached hydrogens (tertiary/aromatic N) is 2. The molecule has 1 aromatic carbocycles. The Morgan fingerprint density at radius 2 is 2.19 bits per heavy atom. The summed E-state index contributed by atoms with van der Waals surface area (Å²) < 4.78 is 2.76. The van der Waals surface area contributed by atoms with Crippen LogP contribution in [0, 0.1) is 0 Å². The standard InChI is InChI=1S/C11H6ClN3S/c12-8-5-15-10-9(14-11(15)16-8)6-3-1-2-4-7(6)13-10/h1-5,13H. The van der Waals surface area contributed by atoms with Gasteiger partial charge in [0.1, 0.15) is 15.5 Å². The molecule has 5 heteroatoms. The quantitative estimate of drug-likeness (QED) is 0.505. The first-order valence-corrected chi connectivity index (χ1v) is 6.06. The first-order valence-electron chi connectivity index (χ1n) is 4.87. The molecule has 4 aromatic rings. The Bertz CT molecular complexity index is 824. The molecule has 78 valence electrons. The third-order valence-electron chi connectivity index (χ3n) is 2.73. The van der Waals surface area contributed by atoms with E-state index in [4.69, 9.17) is 11.6 Å². The lowest BCUT2D eigenvalue weighted by atomic mass is 10.2. The molecule has 0 bridgehead atoms. The molecule has 0 radical (unpaired) electrons. The van der Waals surface area contributed by atoms with Crippen molar-refractivity contribution in [1.29, 1.82) is 0 Å². The summed E-state index contributed by atoms with van der Waals surface area (Å²) in [5.41, 5.74) is 3.13. The van der Waals surface area contributed by atoms with E-state index in [1.165, 1.54) is 11.3 Å².